The van der Waals surface area contributed by atoms with Gasteiger partial charge in [0.25, 0.3) is 0 Å². The van der Waals surface area contributed by atoms with Crippen LogP contribution in [0.3, 0.4) is 0 Å². The summed E-state index contributed by atoms with van der Waals surface area (Å²) in [6, 6.07) is 0. The Morgan fingerprint density at radius 3 is 2.25 bits per heavy atom. The Balaban J connectivity index is 2.39. The highest BCUT2D eigenvalue weighted by Gasteiger charge is 2.27. The van der Waals surface area contributed by atoms with Gasteiger partial charge in [0.05, 0.1) is 33.8 Å². The molecule has 1 N–H and O–H groups in total. The molecule has 0 bridgehead atoms. The molecule has 0 saturated heterocycles. The zero-order valence-electron chi connectivity index (χ0n) is 8.58. The van der Waals surface area contributed by atoms with Crippen LogP contribution in [0.4, 0.5) is 0 Å². The van der Waals surface area contributed by atoms with Gasteiger partial charge in [-0.2, -0.15) is 0 Å². The van der Waals surface area contributed by atoms with Gasteiger partial charge in [-0.1, -0.05) is 12.8 Å². The second kappa shape index (κ2) is 3.75. The van der Waals surface area contributed by atoms with E-state index in [4.69, 9.17) is 0 Å². The van der Waals surface area contributed by atoms with Crippen molar-refractivity contribution in [3.05, 3.63) is 0 Å². The Labute approximate surface area is 75.8 Å². The zero-order valence-corrected chi connectivity index (χ0v) is 8.58. The van der Waals surface area contributed by atoms with E-state index in [9.17, 15) is 5.11 Å². The molecule has 0 radical (unpaired) electrons. The fourth-order valence-corrected chi connectivity index (χ4v) is 2.10. The summed E-state index contributed by atoms with van der Waals surface area (Å²) in [5.41, 5.74) is 0. The van der Waals surface area contributed by atoms with Gasteiger partial charge in [0, 0.05) is 5.92 Å². The molecule has 0 aromatic rings. The highest BCUT2D eigenvalue weighted by atomic mass is 16.3. The highest BCUT2D eigenvalue weighted by Crippen LogP contribution is 2.25. The number of quaternary nitrogens is 1. The topological polar surface area (TPSA) is 20.2 Å². The monoisotopic (exact) mass is 172 g/mol. The largest absolute Gasteiger partial charge is 0.393 e. The molecular formula is C10H22NO+. The second-order valence-electron chi connectivity index (χ2n) is 5.08. The number of nitrogens with zero attached hydrogens (tertiary/aromatic N) is 1. The van der Waals surface area contributed by atoms with E-state index in [1.807, 2.05) is 0 Å². The van der Waals surface area contributed by atoms with Crippen molar-refractivity contribution in [2.45, 2.75) is 31.8 Å². The normalized spacial score (nSPS) is 32.0. The van der Waals surface area contributed by atoms with Crippen LogP contribution in [-0.2, 0) is 0 Å². The molecule has 0 aromatic carbocycles. The van der Waals surface area contributed by atoms with Gasteiger partial charge in [-0.15, -0.1) is 0 Å². The summed E-state index contributed by atoms with van der Waals surface area (Å²) in [5.74, 6) is 0.541. The lowest BCUT2D eigenvalue weighted by atomic mass is 9.86. The minimum Gasteiger partial charge on any atom is -0.393 e. The van der Waals surface area contributed by atoms with Gasteiger partial charge in [-0.25, -0.2) is 0 Å². The van der Waals surface area contributed by atoms with E-state index in [-0.39, 0.29) is 6.10 Å². The van der Waals surface area contributed by atoms with Crippen LogP contribution in [0.2, 0.25) is 0 Å². The maximum atomic E-state index is 9.72. The number of hydrogen-bond acceptors (Lipinski definition) is 1. The third-order valence-corrected chi connectivity index (χ3v) is 2.65. The lowest BCUT2D eigenvalue weighted by Gasteiger charge is -2.34. The summed E-state index contributed by atoms with van der Waals surface area (Å²) in [5, 5.41) is 9.72. The van der Waals surface area contributed by atoms with Crippen LogP contribution in [0.25, 0.3) is 0 Å². The molecule has 1 aliphatic rings. The lowest BCUT2D eigenvalue weighted by Crippen LogP contribution is -2.43. The Hall–Kier alpha value is -0.0800. The molecule has 0 aromatic heterocycles. The lowest BCUT2D eigenvalue weighted by molar-refractivity contribution is -0.874. The van der Waals surface area contributed by atoms with E-state index in [0.29, 0.717) is 5.92 Å². The summed E-state index contributed by atoms with van der Waals surface area (Å²) in [6.45, 7) is 1.11. The van der Waals surface area contributed by atoms with Crippen LogP contribution in [0.5, 0.6) is 0 Å². The van der Waals surface area contributed by atoms with E-state index in [2.05, 4.69) is 21.1 Å². The van der Waals surface area contributed by atoms with Gasteiger partial charge in [0.1, 0.15) is 0 Å². The van der Waals surface area contributed by atoms with Crippen LogP contribution in [0.1, 0.15) is 25.7 Å². The molecule has 1 saturated carbocycles. The van der Waals surface area contributed by atoms with Gasteiger partial charge in [-0.3, -0.25) is 0 Å². The molecule has 0 unspecified atom stereocenters. The summed E-state index contributed by atoms with van der Waals surface area (Å²) in [7, 11) is 6.59. The van der Waals surface area contributed by atoms with Crippen molar-refractivity contribution in [1.82, 2.24) is 0 Å². The Kier molecular flexibility index (Phi) is 3.13. The molecule has 2 nitrogen and oxygen atoms in total. The van der Waals surface area contributed by atoms with Crippen molar-refractivity contribution in [2.75, 3.05) is 27.7 Å². The number of aliphatic hydroxyl groups excluding tert-OH is 1. The van der Waals surface area contributed by atoms with E-state index >= 15 is 0 Å². The average Bonchev–Trinajstić information content (AvgIpc) is 1.91. The quantitative estimate of drug-likeness (QED) is 0.621. The van der Waals surface area contributed by atoms with Crippen molar-refractivity contribution in [3.63, 3.8) is 0 Å². The van der Waals surface area contributed by atoms with Crippen LogP contribution < -0.4 is 0 Å². The molecule has 12 heavy (non-hydrogen) atoms. The third kappa shape index (κ3) is 3.11. The fraction of sp³-hybridized carbons (Fsp3) is 1.00. The molecule has 1 rings (SSSR count). The first kappa shape index (κ1) is 10.0. The van der Waals surface area contributed by atoms with Crippen molar-refractivity contribution in [2.24, 2.45) is 5.92 Å². The first-order valence-electron chi connectivity index (χ1n) is 4.97. The Morgan fingerprint density at radius 2 is 1.75 bits per heavy atom. The molecule has 0 aliphatic heterocycles. The average molecular weight is 172 g/mol. The van der Waals surface area contributed by atoms with Crippen LogP contribution in [0, 0.1) is 5.92 Å². The minimum absolute atomic E-state index is 0.0314. The maximum absolute atomic E-state index is 9.72. The van der Waals surface area contributed by atoms with Crippen molar-refractivity contribution in [1.29, 1.82) is 0 Å². The van der Waals surface area contributed by atoms with E-state index < -0.39 is 0 Å². The summed E-state index contributed by atoms with van der Waals surface area (Å²) >= 11 is 0. The van der Waals surface area contributed by atoms with Crippen LogP contribution in [0.15, 0.2) is 0 Å². The molecule has 72 valence electrons. The summed E-state index contributed by atoms with van der Waals surface area (Å²) < 4.78 is 0.974. The highest BCUT2D eigenvalue weighted by molar-refractivity contribution is 4.73. The van der Waals surface area contributed by atoms with Crippen molar-refractivity contribution >= 4 is 0 Å². The predicted molar refractivity (Wildman–Crippen MR) is 50.9 cm³/mol. The first-order valence-corrected chi connectivity index (χ1v) is 4.97. The molecule has 1 aliphatic carbocycles. The standard InChI is InChI=1S/C10H22NO/c1-11(2,3)8-9-6-4-5-7-10(9)12/h9-10,12H,4-8H2,1-3H3/q+1/t9-,10-/m1/s1. The smallest absolute Gasteiger partial charge is 0.0834 e. The maximum Gasteiger partial charge on any atom is 0.0834 e. The molecule has 2 heteroatoms. The molecule has 0 heterocycles. The van der Waals surface area contributed by atoms with Crippen LogP contribution >= 0.6 is 0 Å². The fourth-order valence-electron chi connectivity index (χ4n) is 2.10. The number of rotatable bonds is 2. The Morgan fingerprint density at radius 1 is 1.17 bits per heavy atom. The number of aliphatic hydroxyl groups is 1. The predicted octanol–water partition coefficient (Wildman–Crippen LogP) is 1.24. The van der Waals surface area contributed by atoms with Gasteiger partial charge in [0.15, 0.2) is 0 Å². The summed E-state index contributed by atoms with van der Waals surface area (Å²) in [6.07, 6.45) is 4.73. The van der Waals surface area contributed by atoms with Gasteiger partial charge in [0.2, 0.25) is 0 Å². The van der Waals surface area contributed by atoms with Crippen molar-refractivity contribution < 1.29 is 9.59 Å². The van der Waals surface area contributed by atoms with E-state index in [0.717, 1.165) is 17.4 Å². The first-order chi connectivity index (χ1) is 5.49. The summed E-state index contributed by atoms with van der Waals surface area (Å²) in [4.78, 5) is 0. The Bertz CT molecular complexity index is 139. The minimum atomic E-state index is -0.0314. The van der Waals surface area contributed by atoms with Gasteiger partial charge < -0.3 is 9.59 Å². The molecule has 0 amide bonds. The second-order valence-corrected chi connectivity index (χ2v) is 5.08. The van der Waals surface area contributed by atoms with Crippen molar-refractivity contribution in [3.8, 4) is 0 Å². The zero-order chi connectivity index (χ0) is 9.19. The molecule has 2 atom stereocenters. The molecular weight excluding hydrogens is 150 g/mol. The van der Waals surface area contributed by atoms with E-state index in [1.165, 1.54) is 19.3 Å². The molecule has 0 spiro atoms. The third-order valence-electron chi connectivity index (χ3n) is 2.65. The molecule has 1 fully saturated rings. The van der Waals surface area contributed by atoms with E-state index in [1.54, 1.807) is 0 Å². The van der Waals surface area contributed by atoms with Crippen LogP contribution in [-0.4, -0.2) is 43.4 Å². The van der Waals surface area contributed by atoms with Gasteiger partial charge >= 0.3 is 0 Å². The SMILES string of the molecule is C[N+](C)(C)C[C@H]1CCCC[C@H]1O. The number of hydrogen-bond donors (Lipinski definition) is 1. The van der Waals surface area contributed by atoms with Gasteiger partial charge in [-0.05, 0) is 12.8 Å².